The van der Waals surface area contributed by atoms with E-state index in [9.17, 15) is 4.79 Å². The van der Waals surface area contributed by atoms with Crippen molar-refractivity contribution in [1.29, 1.82) is 0 Å². The van der Waals surface area contributed by atoms with Crippen molar-refractivity contribution >= 4 is 5.91 Å². The average molecular weight is 243 g/mol. The van der Waals surface area contributed by atoms with Crippen molar-refractivity contribution < 1.29 is 14.6 Å². The van der Waals surface area contributed by atoms with Gasteiger partial charge in [-0.25, -0.2) is 0 Å². The Morgan fingerprint density at radius 1 is 1.53 bits per heavy atom. The van der Waals surface area contributed by atoms with Gasteiger partial charge in [-0.2, -0.15) is 0 Å². The summed E-state index contributed by atoms with van der Waals surface area (Å²) >= 11 is 0. The van der Waals surface area contributed by atoms with Crippen LogP contribution in [0.25, 0.3) is 0 Å². The molecule has 0 aromatic heterocycles. The first kappa shape index (κ1) is 14.5. The first-order valence-electron chi connectivity index (χ1n) is 6.67. The largest absolute Gasteiger partial charge is 0.396 e. The summed E-state index contributed by atoms with van der Waals surface area (Å²) in [5, 5.41) is 11.9. The number of hydrogen-bond donors (Lipinski definition) is 2. The molecule has 4 heteroatoms. The summed E-state index contributed by atoms with van der Waals surface area (Å²) in [6.45, 7) is 5.55. The van der Waals surface area contributed by atoms with Crippen molar-refractivity contribution in [3.8, 4) is 0 Å². The van der Waals surface area contributed by atoms with E-state index < -0.39 is 0 Å². The second-order valence-corrected chi connectivity index (χ2v) is 4.99. The molecule has 0 aromatic rings. The van der Waals surface area contributed by atoms with Crippen LogP contribution in [0.1, 0.15) is 39.5 Å². The molecular formula is C13H25NO3. The highest BCUT2D eigenvalue weighted by Gasteiger charge is 2.28. The third-order valence-electron chi connectivity index (χ3n) is 3.37. The Bertz CT molecular complexity index is 227. The van der Waals surface area contributed by atoms with E-state index in [0.29, 0.717) is 19.1 Å². The number of rotatable bonds is 7. The fraction of sp³-hybridized carbons (Fsp3) is 0.923. The molecule has 1 saturated heterocycles. The molecule has 2 N–H and O–H groups in total. The van der Waals surface area contributed by atoms with Crippen LogP contribution < -0.4 is 5.32 Å². The van der Waals surface area contributed by atoms with Gasteiger partial charge in [0.25, 0.3) is 0 Å². The first-order valence-corrected chi connectivity index (χ1v) is 6.67. The van der Waals surface area contributed by atoms with E-state index >= 15 is 0 Å². The maximum Gasteiger partial charge on any atom is 0.225 e. The summed E-state index contributed by atoms with van der Waals surface area (Å²) in [7, 11) is 0. The molecule has 1 rings (SSSR count). The van der Waals surface area contributed by atoms with Crippen molar-refractivity contribution in [2.24, 2.45) is 11.8 Å². The highest BCUT2D eigenvalue weighted by Crippen LogP contribution is 2.19. The molecule has 0 bridgehead atoms. The maximum absolute atomic E-state index is 11.9. The number of aliphatic hydroxyl groups is 1. The van der Waals surface area contributed by atoms with Gasteiger partial charge in [0, 0.05) is 13.2 Å². The molecule has 0 radical (unpaired) electrons. The summed E-state index contributed by atoms with van der Waals surface area (Å²) in [4.78, 5) is 11.9. The summed E-state index contributed by atoms with van der Waals surface area (Å²) < 4.78 is 5.39. The van der Waals surface area contributed by atoms with Gasteiger partial charge < -0.3 is 15.2 Å². The van der Waals surface area contributed by atoms with E-state index in [0.717, 1.165) is 25.7 Å². The molecule has 1 fully saturated rings. The standard InChI is InChI=1S/C13H25NO3/c1-3-4-11(5-6-15)8-14-13(16)12-7-10(2)17-9-12/h10-12,15H,3-9H2,1-2H3,(H,14,16). The Kier molecular flexibility index (Phi) is 6.52. The second-order valence-electron chi connectivity index (χ2n) is 4.99. The van der Waals surface area contributed by atoms with Crippen molar-refractivity contribution in [3.05, 3.63) is 0 Å². The van der Waals surface area contributed by atoms with Crippen LogP contribution in [0, 0.1) is 11.8 Å². The van der Waals surface area contributed by atoms with Crippen molar-refractivity contribution in [2.75, 3.05) is 19.8 Å². The molecule has 0 spiro atoms. The predicted octanol–water partition coefficient (Wildman–Crippen LogP) is 1.33. The van der Waals surface area contributed by atoms with Gasteiger partial charge >= 0.3 is 0 Å². The number of hydrogen-bond acceptors (Lipinski definition) is 3. The van der Waals surface area contributed by atoms with E-state index in [1.54, 1.807) is 0 Å². The lowest BCUT2D eigenvalue weighted by Crippen LogP contribution is -2.35. The first-order chi connectivity index (χ1) is 8.17. The van der Waals surface area contributed by atoms with E-state index in [-0.39, 0.29) is 24.5 Å². The molecular weight excluding hydrogens is 218 g/mol. The Labute approximate surface area is 104 Å². The number of aliphatic hydroxyl groups excluding tert-OH is 1. The van der Waals surface area contributed by atoms with Crippen LogP contribution >= 0.6 is 0 Å². The molecule has 0 aromatic carbocycles. The highest BCUT2D eigenvalue weighted by molar-refractivity contribution is 5.79. The van der Waals surface area contributed by atoms with Crippen LogP contribution in [0.4, 0.5) is 0 Å². The normalized spacial score (nSPS) is 25.8. The van der Waals surface area contributed by atoms with Gasteiger partial charge in [0.2, 0.25) is 5.91 Å². The van der Waals surface area contributed by atoms with Crippen LogP contribution in [0.2, 0.25) is 0 Å². The van der Waals surface area contributed by atoms with Gasteiger partial charge in [-0.1, -0.05) is 13.3 Å². The van der Waals surface area contributed by atoms with Crippen molar-refractivity contribution in [3.63, 3.8) is 0 Å². The van der Waals surface area contributed by atoms with Crippen LogP contribution in [0.15, 0.2) is 0 Å². The zero-order chi connectivity index (χ0) is 12.7. The average Bonchev–Trinajstić information content (AvgIpc) is 2.73. The van der Waals surface area contributed by atoms with Gasteiger partial charge in [-0.05, 0) is 32.1 Å². The van der Waals surface area contributed by atoms with Crippen LogP contribution in [-0.4, -0.2) is 36.9 Å². The number of ether oxygens (including phenoxy) is 1. The molecule has 1 aliphatic heterocycles. The lowest BCUT2D eigenvalue weighted by molar-refractivity contribution is -0.125. The Morgan fingerprint density at radius 2 is 2.29 bits per heavy atom. The fourth-order valence-corrected chi connectivity index (χ4v) is 2.33. The quantitative estimate of drug-likeness (QED) is 0.709. The third-order valence-corrected chi connectivity index (χ3v) is 3.37. The Hall–Kier alpha value is -0.610. The SMILES string of the molecule is CCCC(CCO)CNC(=O)C1COC(C)C1. The van der Waals surface area contributed by atoms with Crippen molar-refractivity contribution in [2.45, 2.75) is 45.6 Å². The fourth-order valence-electron chi connectivity index (χ4n) is 2.33. The van der Waals surface area contributed by atoms with Crippen LogP contribution in [0.5, 0.6) is 0 Å². The van der Waals surface area contributed by atoms with E-state index in [4.69, 9.17) is 9.84 Å². The van der Waals surface area contributed by atoms with E-state index in [1.807, 2.05) is 6.92 Å². The van der Waals surface area contributed by atoms with Gasteiger partial charge in [0.15, 0.2) is 0 Å². The number of amides is 1. The number of carbonyl (C=O) groups is 1. The molecule has 0 aliphatic carbocycles. The number of nitrogens with one attached hydrogen (secondary N) is 1. The Balaban J connectivity index is 2.25. The van der Waals surface area contributed by atoms with Crippen molar-refractivity contribution in [1.82, 2.24) is 5.32 Å². The third kappa shape index (κ3) is 5.04. The molecule has 4 nitrogen and oxygen atoms in total. The molecule has 1 amide bonds. The van der Waals surface area contributed by atoms with Gasteiger partial charge in [0.1, 0.15) is 0 Å². The molecule has 100 valence electrons. The predicted molar refractivity (Wildman–Crippen MR) is 66.6 cm³/mol. The highest BCUT2D eigenvalue weighted by atomic mass is 16.5. The molecule has 1 aliphatic rings. The summed E-state index contributed by atoms with van der Waals surface area (Å²) in [6, 6.07) is 0. The molecule has 3 unspecified atom stereocenters. The molecule has 0 saturated carbocycles. The minimum Gasteiger partial charge on any atom is -0.396 e. The molecule has 3 atom stereocenters. The lowest BCUT2D eigenvalue weighted by Gasteiger charge is -2.17. The minimum atomic E-state index is 0.0152. The van der Waals surface area contributed by atoms with E-state index in [2.05, 4.69) is 12.2 Å². The molecule has 1 heterocycles. The molecule has 17 heavy (non-hydrogen) atoms. The Morgan fingerprint density at radius 3 is 2.82 bits per heavy atom. The van der Waals surface area contributed by atoms with E-state index in [1.165, 1.54) is 0 Å². The zero-order valence-corrected chi connectivity index (χ0v) is 10.9. The summed E-state index contributed by atoms with van der Waals surface area (Å²) in [5.41, 5.74) is 0. The van der Waals surface area contributed by atoms with Gasteiger partial charge in [-0.3, -0.25) is 4.79 Å². The topological polar surface area (TPSA) is 58.6 Å². The monoisotopic (exact) mass is 243 g/mol. The second kappa shape index (κ2) is 7.67. The van der Waals surface area contributed by atoms with Gasteiger partial charge in [0.05, 0.1) is 18.6 Å². The minimum absolute atomic E-state index is 0.0152. The zero-order valence-electron chi connectivity index (χ0n) is 10.9. The number of carbonyl (C=O) groups excluding carboxylic acids is 1. The van der Waals surface area contributed by atoms with Crippen LogP contribution in [0.3, 0.4) is 0 Å². The van der Waals surface area contributed by atoms with Crippen LogP contribution in [-0.2, 0) is 9.53 Å². The lowest BCUT2D eigenvalue weighted by atomic mass is 9.99. The summed E-state index contributed by atoms with van der Waals surface area (Å²) in [5.74, 6) is 0.517. The maximum atomic E-state index is 11.9. The van der Waals surface area contributed by atoms with Gasteiger partial charge in [-0.15, -0.1) is 0 Å². The smallest absolute Gasteiger partial charge is 0.225 e. The summed E-state index contributed by atoms with van der Waals surface area (Å²) in [6.07, 6.45) is 3.94.